The fraction of sp³-hybridized carbons (Fsp3) is 0.179. The van der Waals surface area contributed by atoms with Gasteiger partial charge in [0.1, 0.15) is 11.3 Å². The molecule has 0 atom stereocenters. The van der Waals surface area contributed by atoms with E-state index in [1.807, 2.05) is 13.0 Å². The minimum absolute atomic E-state index is 0.0214. The highest BCUT2D eigenvalue weighted by Crippen LogP contribution is 2.32. The summed E-state index contributed by atoms with van der Waals surface area (Å²) >= 11 is 0. The van der Waals surface area contributed by atoms with Crippen molar-refractivity contribution in [3.05, 3.63) is 89.2 Å². The fourth-order valence-electron chi connectivity index (χ4n) is 3.98. The van der Waals surface area contributed by atoms with E-state index in [9.17, 15) is 14.4 Å². The quantitative estimate of drug-likeness (QED) is 0.267. The van der Waals surface area contributed by atoms with Crippen LogP contribution in [0.25, 0.3) is 28.2 Å². The average Bonchev–Trinajstić information content (AvgIpc) is 3.33. The summed E-state index contributed by atoms with van der Waals surface area (Å²) in [4.78, 5) is 42.6. The maximum Gasteiger partial charge on any atom is 0.357 e. The summed E-state index contributed by atoms with van der Waals surface area (Å²) < 4.78 is 16.5. The van der Waals surface area contributed by atoms with E-state index in [1.165, 1.54) is 18.9 Å². The van der Waals surface area contributed by atoms with E-state index in [4.69, 9.17) is 14.2 Å². The monoisotopic (exact) mass is 499 g/mol. The van der Waals surface area contributed by atoms with Crippen LogP contribution in [0, 0.1) is 6.92 Å². The lowest BCUT2D eigenvalue weighted by atomic mass is 9.99. The summed E-state index contributed by atoms with van der Waals surface area (Å²) in [5, 5.41) is 4.60. The van der Waals surface area contributed by atoms with Crippen molar-refractivity contribution in [1.82, 2.24) is 14.8 Å². The molecule has 0 unspecified atom stereocenters. The van der Waals surface area contributed by atoms with Crippen LogP contribution >= 0.6 is 0 Å². The number of methoxy groups -OCH3 is 2. The third kappa shape index (κ3) is 4.84. The predicted molar refractivity (Wildman–Crippen MR) is 136 cm³/mol. The van der Waals surface area contributed by atoms with Gasteiger partial charge in [0.05, 0.1) is 37.8 Å². The molecular weight excluding hydrogens is 474 g/mol. The molecule has 9 heteroatoms. The number of aryl methyl sites for hydroxylation is 1. The number of hydrogen-bond donors (Lipinski definition) is 0. The zero-order chi connectivity index (χ0) is 26.5. The van der Waals surface area contributed by atoms with Crippen LogP contribution in [-0.2, 0) is 14.2 Å². The third-order valence-corrected chi connectivity index (χ3v) is 5.73. The Hall–Kier alpha value is -4.79. The van der Waals surface area contributed by atoms with Gasteiger partial charge in [0.15, 0.2) is 5.69 Å². The second-order valence-electron chi connectivity index (χ2n) is 7.95. The van der Waals surface area contributed by atoms with Gasteiger partial charge in [-0.3, -0.25) is 4.98 Å². The molecule has 0 spiro atoms. The van der Waals surface area contributed by atoms with Crippen LogP contribution in [0.1, 0.15) is 43.7 Å². The highest BCUT2D eigenvalue weighted by Gasteiger charge is 2.31. The van der Waals surface area contributed by atoms with E-state index in [1.54, 1.807) is 67.7 Å². The number of benzene rings is 2. The van der Waals surface area contributed by atoms with E-state index < -0.39 is 17.9 Å². The molecule has 0 radical (unpaired) electrons. The van der Waals surface area contributed by atoms with Gasteiger partial charge in [-0.05, 0) is 37.6 Å². The van der Waals surface area contributed by atoms with E-state index in [2.05, 4.69) is 10.1 Å². The normalized spacial score (nSPS) is 10.6. The molecule has 4 rings (SSSR count). The molecule has 0 amide bonds. The number of ether oxygens (including phenoxy) is 3. The smallest absolute Gasteiger partial charge is 0.357 e. The van der Waals surface area contributed by atoms with Crippen LogP contribution in [0.2, 0.25) is 0 Å². The third-order valence-electron chi connectivity index (χ3n) is 5.73. The molecule has 188 valence electrons. The summed E-state index contributed by atoms with van der Waals surface area (Å²) in [5.41, 5.74) is 3.56. The number of pyridine rings is 1. The molecule has 2 heterocycles. The lowest BCUT2D eigenvalue weighted by molar-refractivity contribution is 0.0524. The van der Waals surface area contributed by atoms with Gasteiger partial charge >= 0.3 is 17.9 Å². The van der Waals surface area contributed by atoms with Crippen molar-refractivity contribution in [3.8, 4) is 28.2 Å². The van der Waals surface area contributed by atoms with Crippen molar-refractivity contribution in [1.29, 1.82) is 0 Å². The Balaban J connectivity index is 1.87. The summed E-state index contributed by atoms with van der Waals surface area (Å²) in [5.74, 6) is -1.92. The number of hydrogen-bond acceptors (Lipinski definition) is 8. The van der Waals surface area contributed by atoms with Crippen LogP contribution in [-0.4, -0.2) is 53.5 Å². The molecule has 0 aliphatic carbocycles. The number of esters is 3. The fourth-order valence-corrected chi connectivity index (χ4v) is 3.98. The minimum atomic E-state index is -0.734. The maximum atomic E-state index is 12.9. The molecule has 0 N–H and O–H groups in total. The second kappa shape index (κ2) is 10.9. The highest BCUT2D eigenvalue weighted by atomic mass is 16.5. The van der Waals surface area contributed by atoms with Gasteiger partial charge < -0.3 is 14.2 Å². The first-order chi connectivity index (χ1) is 17.9. The molecule has 0 saturated heterocycles. The van der Waals surface area contributed by atoms with Gasteiger partial charge in [0.25, 0.3) is 0 Å². The summed E-state index contributed by atoms with van der Waals surface area (Å²) in [6.07, 6.45) is 1.63. The van der Waals surface area contributed by atoms with Crippen molar-refractivity contribution in [2.24, 2.45) is 0 Å². The van der Waals surface area contributed by atoms with Crippen LogP contribution < -0.4 is 0 Å². The number of nitrogens with zero attached hydrogens (tertiary/aromatic N) is 3. The van der Waals surface area contributed by atoms with E-state index in [0.717, 1.165) is 5.56 Å². The summed E-state index contributed by atoms with van der Waals surface area (Å²) in [7, 11) is 2.46. The Bertz CT molecular complexity index is 1460. The summed E-state index contributed by atoms with van der Waals surface area (Å²) in [6, 6.07) is 17.7. The van der Waals surface area contributed by atoms with Crippen molar-refractivity contribution < 1.29 is 28.6 Å². The van der Waals surface area contributed by atoms with E-state index in [-0.39, 0.29) is 23.6 Å². The standard InChI is InChI=1S/C28H25N3O6/c1-5-37-27(33)21-17(2)15-16-29-23(21)18-11-13-19(14-12-18)24-22(26(32)35-3)25(28(34)36-4)31(30-24)20-9-7-6-8-10-20/h6-16H,5H2,1-4H3. The number of carbonyl (C=O) groups is 3. The van der Waals surface area contributed by atoms with Gasteiger partial charge in [0, 0.05) is 17.3 Å². The van der Waals surface area contributed by atoms with Crippen LogP contribution in [0.3, 0.4) is 0 Å². The Kier molecular flexibility index (Phi) is 7.43. The maximum absolute atomic E-state index is 12.9. The van der Waals surface area contributed by atoms with Crippen LogP contribution in [0.4, 0.5) is 0 Å². The first-order valence-corrected chi connectivity index (χ1v) is 11.5. The topological polar surface area (TPSA) is 110 Å². The predicted octanol–water partition coefficient (Wildman–Crippen LogP) is 4.66. The number of para-hydroxylation sites is 1. The largest absolute Gasteiger partial charge is 0.465 e. The summed E-state index contributed by atoms with van der Waals surface area (Å²) in [6.45, 7) is 3.81. The second-order valence-corrected chi connectivity index (χ2v) is 7.95. The van der Waals surface area contributed by atoms with E-state index >= 15 is 0 Å². The number of carbonyl (C=O) groups excluding carboxylic acids is 3. The van der Waals surface area contributed by atoms with Gasteiger partial charge in [-0.1, -0.05) is 42.5 Å². The highest BCUT2D eigenvalue weighted by molar-refractivity contribution is 6.07. The molecule has 4 aromatic rings. The molecule has 0 aliphatic heterocycles. The van der Waals surface area contributed by atoms with Crippen molar-refractivity contribution in [2.45, 2.75) is 13.8 Å². The van der Waals surface area contributed by atoms with Gasteiger partial charge in [-0.25, -0.2) is 19.1 Å². The van der Waals surface area contributed by atoms with Crippen LogP contribution in [0.5, 0.6) is 0 Å². The van der Waals surface area contributed by atoms with Gasteiger partial charge in [-0.15, -0.1) is 0 Å². The lowest BCUT2D eigenvalue weighted by Crippen LogP contribution is -2.15. The van der Waals surface area contributed by atoms with Crippen LogP contribution in [0.15, 0.2) is 66.9 Å². The Labute approximate surface area is 213 Å². The van der Waals surface area contributed by atoms with Crippen molar-refractivity contribution in [2.75, 3.05) is 20.8 Å². The molecule has 0 fully saturated rings. The molecule has 0 aliphatic rings. The zero-order valence-electron chi connectivity index (χ0n) is 20.8. The average molecular weight is 500 g/mol. The Morgan fingerprint density at radius 3 is 2.00 bits per heavy atom. The lowest BCUT2D eigenvalue weighted by Gasteiger charge is -2.11. The SMILES string of the molecule is CCOC(=O)c1c(C)ccnc1-c1ccc(-c2nn(-c3ccccc3)c(C(=O)OC)c2C(=O)OC)cc1. The Morgan fingerprint density at radius 2 is 1.41 bits per heavy atom. The molecule has 0 saturated carbocycles. The molecule has 2 aromatic carbocycles. The first kappa shape index (κ1) is 25.3. The van der Waals surface area contributed by atoms with E-state index in [0.29, 0.717) is 28.1 Å². The Morgan fingerprint density at radius 1 is 0.784 bits per heavy atom. The number of aromatic nitrogens is 3. The molecular formula is C28H25N3O6. The van der Waals surface area contributed by atoms with Gasteiger partial charge in [0.2, 0.25) is 0 Å². The molecule has 9 nitrogen and oxygen atoms in total. The van der Waals surface area contributed by atoms with Gasteiger partial charge in [-0.2, -0.15) is 5.10 Å². The minimum Gasteiger partial charge on any atom is -0.465 e. The molecule has 37 heavy (non-hydrogen) atoms. The molecule has 0 bridgehead atoms. The number of rotatable bonds is 7. The molecule has 2 aromatic heterocycles. The first-order valence-electron chi connectivity index (χ1n) is 11.5. The van der Waals surface area contributed by atoms with Crippen molar-refractivity contribution in [3.63, 3.8) is 0 Å². The zero-order valence-corrected chi connectivity index (χ0v) is 20.8. The van der Waals surface area contributed by atoms with Crippen molar-refractivity contribution >= 4 is 17.9 Å².